The number of hydrogen-bond donors (Lipinski definition) is 2. The molecular weight excluding hydrogens is 393 g/mol. The van der Waals surface area contributed by atoms with Gasteiger partial charge in [0.15, 0.2) is 6.61 Å². The van der Waals surface area contributed by atoms with Crippen LogP contribution in [0.15, 0.2) is 29.2 Å². The largest absolute Gasteiger partial charge is 0.573 e. The molecule has 0 radical (unpaired) electrons. The third-order valence-corrected chi connectivity index (χ3v) is 4.26. The van der Waals surface area contributed by atoms with Crippen LogP contribution in [0.1, 0.15) is 13.8 Å². The molecular formula is C15H19F3N2O6S. The molecule has 0 aliphatic carbocycles. The zero-order valence-corrected chi connectivity index (χ0v) is 15.3. The molecule has 1 aromatic carbocycles. The molecule has 0 spiro atoms. The van der Waals surface area contributed by atoms with E-state index in [9.17, 15) is 31.2 Å². The number of sulfonamides is 1. The fraction of sp³-hybridized carbons (Fsp3) is 0.467. The molecule has 27 heavy (non-hydrogen) atoms. The molecule has 0 aliphatic heterocycles. The Balaban J connectivity index is 2.50. The number of nitrogens with one attached hydrogen (secondary N) is 2. The highest BCUT2D eigenvalue weighted by molar-refractivity contribution is 7.89. The van der Waals surface area contributed by atoms with Crippen LogP contribution in [-0.4, -0.2) is 46.4 Å². The van der Waals surface area contributed by atoms with E-state index in [1.54, 1.807) is 0 Å². The lowest BCUT2D eigenvalue weighted by Gasteiger charge is -2.10. The van der Waals surface area contributed by atoms with Crippen molar-refractivity contribution in [3.05, 3.63) is 24.3 Å². The van der Waals surface area contributed by atoms with Crippen LogP contribution < -0.4 is 14.8 Å². The molecule has 0 aliphatic rings. The highest BCUT2D eigenvalue weighted by Gasteiger charge is 2.31. The first kappa shape index (κ1) is 22.7. The summed E-state index contributed by atoms with van der Waals surface area (Å²) in [5.41, 5.74) is 0. The Labute approximate surface area is 154 Å². The fourth-order valence-electron chi connectivity index (χ4n) is 1.62. The first-order valence-corrected chi connectivity index (χ1v) is 9.15. The van der Waals surface area contributed by atoms with E-state index in [1.807, 2.05) is 18.6 Å². The Hall–Kier alpha value is -2.34. The number of benzene rings is 1. The quantitative estimate of drug-likeness (QED) is 0.590. The number of carbonyl (C=O) groups is 2. The predicted octanol–water partition coefficient (Wildman–Crippen LogP) is 1.18. The van der Waals surface area contributed by atoms with Crippen LogP contribution in [-0.2, 0) is 24.3 Å². The van der Waals surface area contributed by atoms with Gasteiger partial charge in [0.05, 0.1) is 4.90 Å². The van der Waals surface area contributed by atoms with Gasteiger partial charge in [0, 0.05) is 6.54 Å². The monoisotopic (exact) mass is 412 g/mol. The first-order chi connectivity index (χ1) is 12.4. The van der Waals surface area contributed by atoms with Gasteiger partial charge in [0.25, 0.3) is 5.91 Å². The van der Waals surface area contributed by atoms with E-state index in [0.717, 1.165) is 24.3 Å². The van der Waals surface area contributed by atoms with Gasteiger partial charge in [0.1, 0.15) is 12.3 Å². The molecule has 0 saturated heterocycles. The van der Waals surface area contributed by atoms with Crippen LogP contribution in [0.3, 0.4) is 0 Å². The summed E-state index contributed by atoms with van der Waals surface area (Å²) in [6.45, 7) is 2.85. The summed E-state index contributed by atoms with van der Waals surface area (Å²) in [4.78, 5) is 22.5. The van der Waals surface area contributed by atoms with E-state index in [-0.39, 0.29) is 10.8 Å². The highest BCUT2D eigenvalue weighted by atomic mass is 32.2. The first-order valence-electron chi connectivity index (χ1n) is 7.67. The lowest BCUT2D eigenvalue weighted by molar-refractivity contribution is -0.274. The molecule has 8 nitrogen and oxygen atoms in total. The standard InChI is InChI=1S/C15H19F3N2O6S/c1-10(2)7-19-13(21)9-25-14(22)8-20-27(23,24)12-5-3-11(4-6-12)26-15(16,17)18/h3-6,10,20H,7-9H2,1-2H3,(H,19,21). The smallest absolute Gasteiger partial charge is 0.455 e. The number of alkyl halides is 3. The molecule has 0 heterocycles. The zero-order valence-electron chi connectivity index (χ0n) is 14.5. The summed E-state index contributed by atoms with van der Waals surface area (Å²) in [6.07, 6.45) is -4.90. The SMILES string of the molecule is CC(C)CNC(=O)COC(=O)CNS(=O)(=O)c1ccc(OC(F)(F)F)cc1. The van der Waals surface area contributed by atoms with Gasteiger partial charge in [-0.2, -0.15) is 4.72 Å². The number of esters is 1. The van der Waals surface area contributed by atoms with Crippen molar-refractivity contribution in [2.45, 2.75) is 25.1 Å². The summed E-state index contributed by atoms with van der Waals surface area (Å²) in [5.74, 6) is -1.90. The van der Waals surface area contributed by atoms with Crippen molar-refractivity contribution in [2.24, 2.45) is 5.92 Å². The third kappa shape index (κ3) is 9.24. The van der Waals surface area contributed by atoms with E-state index < -0.39 is 47.2 Å². The molecule has 0 unspecified atom stereocenters. The molecule has 0 bridgehead atoms. The lowest BCUT2D eigenvalue weighted by Crippen LogP contribution is -2.35. The molecule has 1 rings (SSSR count). The summed E-state index contributed by atoms with van der Waals surface area (Å²) < 4.78 is 70.4. The number of rotatable bonds is 9. The van der Waals surface area contributed by atoms with Crippen molar-refractivity contribution in [1.29, 1.82) is 0 Å². The average Bonchev–Trinajstić information content (AvgIpc) is 2.55. The molecule has 0 atom stereocenters. The average molecular weight is 412 g/mol. The van der Waals surface area contributed by atoms with Gasteiger partial charge in [0.2, 0.25) is 10.0 Å². The molecule has 1 aromatic rings. The highest BCUT2D eigenvalue weighted by Crippen LogP contribution is 2.23. The predicted molar refractivity (Wildman–Crippen MR) is 87.1 cm³/mol. The van der Waals surface area contributed by atoms with Crippen molar-refractivity contribution >= 4 is 21.9 Å². The van der Waals surface area contributed by atoms with Gasteiger partial charge in [-0.25, -0.2) is 8.42 Å². The molecule has 12 heteroatoms. The van der Waals surface area contributed by atoms with E-state index in [0.29, 0.717) is 6.54 Å². The van der Waals surface area contributed by atoms with Gasteiger partial charge in [-0.05, 0) is 30.2 Å². The Morgan fingerprint density at radius 3 is 2.26 bits per heavy atom. The van der Waals surface area contributed by atoms with Gasteiger partial charge in [-0.15, -0.1) is 13.2 Å². The molecule has 0 fully saturated rings. The van der Waals surface area contributed by atoms with Crippen molar-refractivity contribution in [3.8, 4) is 5.75 Å². The molecule has 0 aromatic heterocycles. The Kier molecular flexibility index (Phi) is 8.03. The molecule has 2 N–H and O–H groups in total. The van der Waals surface area contributed by atoms with Crippen LogP contribution in [0, 0.1) is 5.92 Å². The van der Waals surface area contributed by atoms with Crippen LogP contribution in [0.5, 0.6) is 5.75 Å². The van der Waals surface area contributed by atoms with Crippen molar-refractivity contribution < 1.29 is 40.7 Å². The summed E-state index contributed by atoms with van der Waals surface area (Å²) >= 11 is 0. The minimum atomic E-state index is -4.90. The molecule has 1 amide bonds. The summed E-state index contributed by atoms with van der Waals surface area (Å²) in [5, 5.41) is 2.51. The molecule has 152 valence electrons. The third-order valence-electron chi connectivity index (χ3n) is 2.85. The van der Waals surface area contributed by atoms with Crippen molar-refractivity contribution in [1.82, 2.24) is 10.0 Å². The Bertz CT molecular complexity index is 748. The summed E-state index contributed by atoms with van der Waals surface area (Å²) in [7, 11) is -4.16. The van der Waals surface area contributed by atoms with Gasteiger partial charge >= 0.3 is 12.3 Å². The number of hydrogen-bond acceptors (Lipinski definition) is 6. The lowest BCUT2D eigenvalue weighted by atomic mass is 10.2. The minimum Gasteiger partial charge on any atom is -0.455 e. The molecule has 0 saturated carbocycles. The summed E-state index contributed by atoms with van der Waals surface area (Å²) in [6, 6.07) is 3.40. The van der Waals surface area contributed by atoms with E-state index >= 15 is 0 Å². The fourth-order valence-corrected chi connectivity index (χ4v) is 2.59. The maximum Gasteiger partial charge on any atom is 0.573 e. The number of amides is 1. The van der Waals surface area contributed by atoms with Gasteiger partial charge in [-0.1, -0.05) is 13.8 Å². The van der Waals surface area contributed by atoms with E-state index in [4.69, 9.17) is 0 Å². The van der Waals surface area contributed by atoms with Crippen LogP contribution >= 0.6 is 0 Å². The number of ether oxygens (including phenoxy) is 2. The second-order valence-corrected chi connectivity index (χ2v) is 7.47. The topological polar surface area (TPSA) is 111 Å². The maximum absolute atomic E-state index is 12.1. The van der Waals surface area contributed by atoms with E-state index in [2.05, 4.69) is 14.8 Å². The second kappa shape index (κ2) is 9.55. The van der Waals surface area contributed by atoms with Gasteiger partial charge in [-0.3, -0.25) is 9.59 Å². The van der Waals surface area contributed by atoms with Crippen LogP contribution in [0.2, 0.25) is 0 Å². The number of carbonyl (C=O) groups excluding carboxylic acids is 2. The van der Waals surface area contributed by atoms with Crippen LogP contribution in [0.25, 0.3) is 0 Å². The van der Waals surface area contributed by atoms with Crippen molar-refractivity contribution in [2.75, 3.05) is 19.7 Å². The van der Waals surface area contributed by atoms with Crippen molar-refractivity contribution in [3.63, 3.8) is 0 Å². The second-order valence-electron chi connectivity index (χ2n) is 5.70. The van der Waals surface area contributed by atoms with E-state index in [1.165, 1.54) is 0 Å². The minimum absolute atomic E-state index is 0.212. The Morgan fingerprint density at radius 2 is 1.74 bits per heavy atom. The normalized spacial score (nSPS) is 11.9. The maximum atomic E-state index is 12.1. The number of halogens is 3. The zero-order chi connectivity index (χ0) is 20.7. The Morgan fingerprint density at radius 1 is 1.15 bits per heavy atom. The van der Waals surface area contributed by atoms with Crippen LogP contribution in [0.4, 0.5) is 13.2 Å². The van der Waals surface area contributed by atoms with Gasteiger partial charge < -0.3 is 14.8 Å².